The van der Waals surface area contributed by atoms with Gasteiger partial charge in [0.25, 0.3) is 0 Å². The SMILES string of the molecule is CC(C)(C)OC(=O)CCOC1CCCCO1. The highest BCUT2D eigenvalue weighted by atomic mass is 16.7. The quantitative estimate of drug-likeness (QED) is 0.695. The van der Waals surface area contributed by atoms with Crippen molar-refractivity contribution in [1.29, 1.82) is 0 Å². The van der Waals surface area contributed by atoms with E-state index in [1.165, 1.54) is 0 Å². The minimum atomic E-state index is -0.418. The number of carbonyl (C=O) groups is 1. The van der Waals surface area contributed by atoms with Crippen LogP contribution in [0.2, 0.25) is 0 Å². The fourth-order valence-electron chi connectivity index (χ4n) is 1.51. The maximum Gasteiger partial charge on any atom is 0.308 e. The van der Waals surface area contributed by atoms with Gasteiger partial charge in [0.1, 0.15) is 5.60 Å². The third-order valence-corrected chi connectivity index (χ3v) is 2.17. The molecule has 0 aromatic heterocycles. The molecule has 1 rings (SSSR count). The zero-order valence-electron chi connectivity index (χ0n) is 10.5. The molecule has 1 atom stereocenters. The van der Waals surface area contributed by atoms with Crippen LogP contribution >= 0.6 is 0 Å². The van der Waals surface area contributed by atoms with E-state index in [9.17, 15) is 4.79 Å². The van der Waals surface area contributed by atoms with Crippen molar-refractivity contribution in [3.8, 4) is 0 Å². The standard InChI is InChI=1S/C12H22O4/c1-12(2,3)16-10(13)7-9-15-11-6-4-5-8-14-11/h11H,4-9H2,1-3H3. The zero-order chi connectivity index (χ0) is 12.0. The Bertz CT molecular complexity index is 214. The lowest BCUT2D eigenvalue weighted by atomic mass is 10.2. The van der Waals surface area contributed by atoms with Crippen LogP contribution in [0.5, 0.6) is 0 Å². The van der Waals surface area contributed by atoms with Gasteiger partial charge in [-0.3, -0.25) is 4.79 Å². The summed E-state index contributed by atoms with van der Waals surface area (Å²) in [4.78, 5) is 11.4. The van der Waals surface area contributed by atoms with Crippen LogP contribution in [-0.4, -0.2) is 31.1 Å². The number of hydrogen-bond acceptors (Lipinski definition) is 4. The normalized spacial score (nSPS) is 21.8. The van der Waals surface area contributed by atoms with Gasteiger partial charge in [-0.15, -0.1) is 0 Å². The molecule has 1 saturated heterocycles. The Labute approximate surface area is 97.2 Å². The topological polar surface area (TPSA) is 44.8 Å². The summed E-state index contributed by atoms with van der Waals surface area (Å²) in [5, 5.41) is 0. The summed E-state index contributed by atoms with van der Waals surface area (Å²) in [6, 6.07) is 0. The highest BCUT2D eigenvalue weighted by Crippen LogP contribution is 2.14. The summed E-state index contributed by atoms with van der Waals surface area (Å²) in [6.45, 7) is 6.71. The van der Waals surface area contributed by atoms with Crippen LogP contribution in [0, 0.1) is 0 Å². The Morgan fingerprint density at radius 1 is 1.38 bits per heavy atom. The molecule has 1 heterocycles. The predicted octanol–water partition coefficient (Wildman–Crippen LogP) is 2.26. The summed E-state index contributed by atoms with van der Waals surface area (Å²) in [5.74, 6) is -0.219. The summed E-state index contributed by atoms with van der Waals surface area (Å²) in [7, 11) is 0. The Morgan fingerprint density at radius 3 is 2.69 bits per heavy atom. The third kappa shape index (κ3) is 6.08. The molecule has 0 aromatic rings. The first kappa shape index (κ1) is 13.5. The zero-order valence-corrected chi connectivity index (χ0v) is 10.5. The molecule has 1 aliphatic rings. The average Bonchev–Trinajstić information content (AvgIpc) is 2.16. The number of carbonyl (C=O) groups excluding carboxylic acids is 1. The van der Waals surface area contributed by atoms with E-state index in [1.807, 2.05) is 20.8 Å². The van der Waals surface area contributed by atoms with Crippen LogP contribution in [0.25, 0.3) is 0 Å². The van der Waals surface area contributed by atoms with E-state index in [4.69, 9.17) is 14.2 Å². The minimum absolute atomic E-state index is 0.129. The first-order valence-electron chi connectivity index (χ1n) is 5.92. The Kier molecular flexibility index (Phi) is 5.22. The summed E-state index contributed by atoms with van der Waals surface area (Å²) < 4.78 is 16.0. The van der Waals surface area contributed by atoms with Gasteiger partial charge in [-0.1, -0.05) is 0 Å². The lowest BCUT2D eigenvalue weighted by Crippen LogP contribution is -2.26. The van der Waals surface area contributed by atoms with Crippen LogP contribution in [0.4, 0.5) is 0 Å². The molecule has 0 spiro atoms. The molecule has 1 unspecified atom stereocenters. The molecule has 94 valence electrons. The van der Waals surface area contributed by atoms with Crippen molar-refractivity contribution in [2.24, 2.45) is 0 Å². The van der Waals surface area contributed by atoms with Crippen LogP contribution < -0.4 is 0 Å². The Balaban J connectivity index is 2.08. The molecule has 0 amide bonds. The van der Waals surface area contributed by atoms with Crippen molar-refractivity contribution in [2.75, 3.05) is 13.2 Å². The number of rotatable bonds is 4. The third-order valence-electron chi connectivity index (χ3n) is 2.17. The van der Waals surface area contributed by atoms with Gasteiger partial charge in [-0.05, 0) is 40.0 Å². The maximum absolute atomic E-state index is 11.4. The van der Waals surface area contributed by atoms with Crippen LogP contribution in [0.15, 0.2) is 0 Å². The molecule has 0 N–H and O–H groups in total. The second-order valence-corrected chi connectivity index (χ2v) is 5.00. The van der Waals surface area contributed by atoms with Gasteiger partial charge in [-0.2, -0.15) is 0 Å². The molecule has 4 heteroatoms. The van der Waals surface area contributed by atoms with Gasteiger partial charge in [0.15, 0.2) is 6.29 Å². The van der Waals surface area contributed by atoms with E-state index in [0.717, 1.165) is 25.9 Å². The Hall–Kier alpha value is -0.610. The van der Waals surface area contributed by atoms with E-state index in [0.29, 0.717) is 6.61 Å². The van der Waals surface area contributed by atoms with E-state index in [1.54, 1.807) is 0 Å². The first-order valence-corrected chi connectivity index (χ1v) is 5.92. The molecule has 1 fully saturated rings. The molecular formula is C12H22O4. The maximum atomic E-state index is 11.4. The summed E-state index contributed by atoms with van der Waals surface area (Å²) in [5.41, 5.74) is -0.418. The molecule has 16 heavy (non-hydrogen) atoms. The first-order chi connectivity index (χ1) is 7.47. The van der Waals surface area contributed by atoms with Gasteiger partial charge in [0.05, 0.1) is 13.0 Å². The van der Waals surface area contributed by atoms with E-state index in [-0.39, 0.29) is 18.7 Å². The molecule has 0 aromatic carbocycles. The van der Waals surface area contributed by atoms with E-state index in [2.05, 4.69) is 0 Å². The number of hydrogen-bond donors (Lipinski definition) is 0. The van der Waals surface area contributed by atoms with Gasteiger partial charge >= 0.3 is 5.97 Å². The highest BCUT2D eigenvalue weighted by molar-refractivity contribution is 5.69. The monoisotopic (exact) mass is 230 g/mol. The molecule has 4 nitrogen and oxygen atoms in total. The molecule has 0 radical (unpaired) electrons. The van der Waals surface area contributed by atoms with Crippen LogP contribution in [0.1, 0.15) is 46.5 Å². The van der Waals surface area contributed by atoms with Gasteiger partial charge in [0, 0.05) is 6.61 Å². The van der Waals surface area contributed by atoms with Crippen molar-refractivity contribution in [3.63, 3.8) is 0 Å². The van der Waals surface area contributed by atoms with Crippen molar-refractivity contribution in [3.05, 3.63) is 0 Å². The second-order valence-electron chi connectivity index (χ2n) is 5.00. The van der Waals surface area contributed by atoms with Crippen molar-refractivity contribution in [2.45, 2.75) is 58.3 Å². The molecule has 0 aliphatic carbocycles. The Morgan fingerprint density at radius 2 is 2.12 bits per heavy atom. The average molecular weight is 230 g/mol. The number of ether oxygens (including phenoxy) is 3. The minimum Gasteiger partial charge on any atom is -0.460 e. The highest BCUT2D eigenvalue weighted by Gasteiger charge is 2.18. The molecular weight excluding hydrogens is 208 g/mol. The second kappa shape index (κ2) is 6.21. The lowest BCUT2D eigenvalue weighted by molar-refractivity contribution is -0.172. The lowest BCUT2D eigenvalue weighted by Gasteiger charge is -2.23. The van der Waals surface area contributed by atoms with E-state index >= 15 is 0 Å². The van der Waals surface area contributed by atoms with Crippen molar-refractivity contribution in [1.82, 2.24) is 0 Å². The largest absolute Gasteiger partial charge is 0.460 e. The molecule has 0 saturated carbocycles. The number of esters is 1. The van der Waals surface area contributed by atoms with Crippen molar-refractivity contribution < 1.29 is 19.0 Å². The summed E-state index contributed by atoms with van der Waals surface area (Å²) >= 11 is 0. The van der Waals surface area contributed by atoms with Crippen LogP contribution in [-0.2, 0) is 19.0 Å². The van der Waals surface area contributed by atoms with Gasteiger partial charge in [-0.25, -0.2) is 0 Å². The predicted molar refractivity (Wildman–Crippen MR) is 60.0 cm³/mol. The van der Waals surface area contributed by atoms with Gasteiger partial charge < -0.3 is 14.2 Å². The van der Waals surface area contributed by atoms with E-state index < -0.39 is 5.60 Å². The summed E-state index contributed by atoms with van der Waals surface area (Å²) in [6.07, 6.45) is 3.32. The fraction of sp³-hybridized carbons (Fsp3) is 0.917. The van der Waals surface area contributed by atoms with Crippen molar-refractivity contribution >= 4 is 5.97 Å². The molecule has 1 aliphatic heterocycles. The fourth-order valence-corrected chi connectivity index (χ4v) is 1.51. The molecule has 0 bridgehead atoms. The van der Waals surface area contributed by atoms with Gasteiger partial charge in [0.2, 0.25) is 0 Å². The smallest absolute Gasteiger partial charge is 0.308 e. The van der Waals surface area contributed by atoms with Crippen LogP contribution in [0.3, 0.4) is 0 Å².